The molecule has 10 nitrogen and oxygen atoms in total. The molecule has 0 radical (unpaired) electrons. The number of thiocarbonyl (C=S) groups is 1. The van der Waals surface area contributed by atoms with Crippen molar-refractivity contribution >= 4 is 51.8 Å². The van der Waals surface area contributed by atoms with Crippen LogP contribution in [0.4, 0.5) is 18.9 Å². The van der Waals surface area contributed by atoms with Gasteiger partial charge in [-0.15, -0.1) is 18.3 Å². The van der Waals surface area contributed by atoms with Gasteiger partial charge in [-0.25, -0.2) is 14.5 Å². The van der Waals surface area contributed by atoms with E-state index in [2.05, 4.69) is 32.1 Å². The number of halogens is 3. The minimum Gasteiger partial charge on any atom is -0.480 e. The number of thioether (sulfide) groups is 1. The van der Waals surface area contributed by atoms with Crippen LogP contribution in [0.15, 0.2) is 78.0 Å². The standard InChI is InChI=1S/C32H29F3N6O4S2/c1-3-4-21-8-5-19(2)15-26(21)41-27(42)17-47-31(41)38-30(46)37-25(29(43)44)16-20-6-9-22(10-7-20)28-36-18-40(39-28)23-11-13-24(14-12-23)45-32(33,34)35/h5-15,18,25H,3-4,16-17H2,1-2H3,(H,37,46)(H,43,44)/b38-31-. The zero-order chi connectivity index (χ0) is 33.7. The molecule has 1 aromatic heterocycles. The van der Waals surface area contributed by atoms with Crippen molar-refractivity contribution in [1.29, 1.82) is 0 Å². The van der Waals surface area contributed by atoms with Crippen LogP contribution in [0.3, 0.4) is 0 Å². The maximum absolute atomic E-state index is 12.9. The van der Waals surface area contributed by atoms with Crippen LogP contribution in [-0.2, 0) is 22.4 Å². The van der Waals surface area contributed by atoms with Gasteiger partial charge in [-0.05, 0) is 72.6 Å². The van der Waals surface area contributed by atoms with Crippen LogP contribution in [0.25, 0.3) is 17.1 Å². The number of carboxylic acids is 1. The van der Waals surface area contributed by atoms with Gasteiger partial charge >= 0.3 is 12.3 Å². The molecular formula is C32H29F3N6O4S2. The number of aliphatic imine (C=N–C) groups is 1. The summed E-state index contributed by atoms with van der Waals surface area (Å²) in [5.74, 6) is -1.04. The summed E-state index contributed by atoms with van der Waals surface area (Å²) >= 11 is 6.67. The fourth-order valence-electron chi connectivity index (χ4n) is 4.86. The Labute approximate surface area is 277 Å². The van der Waals surface area contributed by atoms with Gasteiger partial charge in [0.1, 0.15) is 18.1 Å². The van der Waals surface area contributed by atoms with E-state index >= 15 is 0 Å². The number of aliphatic carboxylic acids is 1. The van der Waals surface area contributed by atoms with E-state index in [1.807, 2.05) is 25.1 Å². The highest BCUT2D eigenvalue weighted by Gasteiger charge is 2.32. The first-order valence-corrected chi connectivity index (χ1v) is 15.8. The lowest BCUT2D eigenvalue weighted by Crippen LogP contribution is -2.41. The Morgan fingerprint density at radius 3 is 2.53 bits per heavy atom. The molecule has 3 aromatic carbocycles. The van der Waals surface area contributed by atoms with Crippen molar-refractivity contribution in [2.45, 2.75) is 45.5 Å². The van der Waals surface area contributed by atoms with Gasteiger partial charge in [0, 0.05) is 12.0 Å². The number of rotatable bonds is 10. The van der Waals surface area contributed by atoms with Crippen LogP contribution in [-0.4, -0.2) is 60.2 Å². The minimum atomic E-state index is -4.78. The maximum Gasteiger partial charge on any atom is 0.573 e. The predicted octanol–water partition coefficient (Wildman–Crippen LogP) is 6.10. The molecule has 2 heterocycles. The van der Waals surface area contributed by atoms with Gasteiger partial charge in [-0.1, -0.05) is 61.5 Å². The fraction of sp³-hybridized carbons (Fsp3) is 0.250. The average molecular weight is 683 g/mol. The molecule has 0 saturated carbocycles. The van der Waals surface area contributed by atoms with Crippen LogP contribution in [0.2, 0.25) is 0 Å². The summed E-state index contributed by atoms with van der Waals surface area (Å²) in [6.07, 6.45) is -1.58. The molecule has 1 aliphatic rings. The van der Waals surface area contributed by atoms with E-state index < -0.39 is 18.4 Å². The monoisotopic (exact) mass is 682 g/mol. The Kier molecular flexibility index (Phi) is 10.3. The first-order chi connectivity index (χ1) is 22.4. The van der Waals surface area contributed by atoms with E-state index in [0.717, 1.165) is 29.7 Å². The van der Waals surface area contributed by atoms with E-state index in [9.17, 15) is 27.9 Å². The quantitative estimate of drug-likeness (QED) is 0.191. The second kappa shape index (κ2) is 14.3. The normalized spacial score (nSPS) is 14.8. The number of carbonyl (C=O) groups is 2. The number of amidine groups is 1. The summed E-state index contributed by atoms with van der Waals surface area (Å²) in [6.45, 7) is 4.01. The Hall–Kier alpha value is -4.76. The van der Waals surface area contributed by atoms with Gasteiger partial charge in [0.2, 0.25) is 5.91 Å². The number of hydrogen-bond donors (Lipinski definition) is 2. The second-order valence-corrected chi connectivity index (χ2v) is 11.9. The van der Waals surface area contributed by atoms with Crippen LogP contribution in [0.1, 0.15) is 30.0 Å². The van der Waals surface area contributed by atoms with E-state index in [-0.39, 0.29) is 28.9 Å². The van der Waals surface area contributed by atoms with Crippen molar-refractivity contribution in [3.63, 3.8) is 0 Å². The third-order valence-corrected chi connectivity index (χ3v) is 8.17. The second-order valence-electron chi connectivity index (χ2n) is 10.6. The molecule has 1 aliphatic heterocycles. The van der Waals surface area contributed by atoms with E-state index in [0.29, 0.717) is 27.8 Å². The van der Waals surface area contributed by atoms with Crippen LogP contribution >= 0.6 is 24.0 Å². The van der Waals surface area contributed by atoms with E-state index in [1.165, 1.54) is 47.0 Å². The summed E-state index contributed by atoms with van der Waals surface area (Å²) < 4.78 is 42.6. The minimum absolute atomic E-state index is 0.0475. The third kappa shape index (κ3) is 8.54. The number of nitrogens with one attached hydrogen (secondary N) is 1. The topological polar surface area (TPSA) is 122 Å². The molecule has 0 spiro atoms. The Bertz CT molecular complexity index is 1810. The summed E-state index contributed by atoms with van der Waals surface area (Å²) in [7, 11) is 0. The molecule has 1 unspecified atom stereocenters. The molecule has 15 heteroatoms. The zero-order valence-corrected chi connectivity index (χ0v) is 26.8. The number of benzene rings is 3. The van der Waals surface area contributed by atoms with Gasteiger partial charge in [0.25, 0.3) is 0 Å². The van der Waals surface area contributed by atoms with Gasteiger partial charge in [-0.2, -0.15) is 4.99 Å². The zero-order valence-electron chi connectivity index (χ0n) is 25.2. The number of aryl methyl sites for hydroxylation is 2. The number of carbonyl (C=O) groups excluding carboxylic acids is 1. The molecule has 2 N–H and O–H groups in total. The summed E-state index contributed by atoms with van der Waals surface area (Å²) in [5.41, 5.74) is 4.59. The molecule has 0 aliphatic carbocycles. The van der Waals surface area contributed by atoms with E-state index in [4.69, 9.17) is 12.2 Å². The van der Waals surface area contributed by atoms with Crippen molar-refractivity contribution in [2.75, 3.05) is 10.7 Å². The summed E-state index contributed by atoms with van der Waals surface area (Å²) in [4.78, 5) is 35.3. The lowest BCUT2D eigenvalue weighted by Gasteiger charge is -2.21. The maximum atomic E-state index is 12.9. The number of anilines is 1. The Morgan fingerprint density at radius 2 is 1.87 bits per heavy atom. The highest BCUT2D eigenvalue weighted by Crippen LogP contribution is 2.31. The van der Waals surface area contributed by atoms with Crippen molar-refractivity contribution in [3.05, 3.63) is 89.7 Å². The van der Waals surface area contributed by atoms with Crippen molar-refractivity contribution in [2.24, 2.45) is 4.99 Å². The van der Waals surface area contributed by atoms with Gasteiger partial charge in [0.05, 0.1) is 17.1 Å². The molecule has 1 amide bonds. The van der Waals surface area contributed by atoms with Crippen LogP contribution in [0.5, 0.6) is 5.75 Å². The third-order valence-electron chi connectivity index (χ3n) is 7.04. The van der Waals surface area contributed by atoms with Crippen molar-refractivity contribution < 1.29 is 32.6 Å². The smallest absolute Gasteiger partial charge is 0.480 e. The molecule has 47 heavy (non-hydrogen) atoms. The largest absolute Gasteiger partial charge is 0.573 e. The number of nitrogens with zero attached hydrogens (tertiary/aromatic N) is 5. The lowest BCUT2D eigenvalue weighted by molar-refractivity contribution is -0.274. The predicted molar refractivity (Wildman–Crippen MR) is 177 cm³/mol. The molecule has 1 atom stereocenters. The highest BCUT2D eigenvalue weighted by atomic mass is 32.2. The number of alkyl halides is 3. The molecule has 1 fully saturated rings. The van der Waals surface area contributed by atoms with Gasteiger partial charge in [0.15, 0.2) is 16.1 Å². The Balaban J connectivity index is 1.25. The van der Waals surface area contributed by atoms with E-state index in [1.54, 1.807) is 29.2 Å². The number of aromatic nitrogens is 3. The molecule has 1 saturated heterocycles. The number of amides is 1. The van der Waals surface area contributed by atoms with Crippen molar-refractivity contribution in [1.82, 2.24) is 20.1 Å². The lowest BCUT2D eigenvalue weighted by atomic mass is 10.0. The van der Waals surface area contributed by atoms with Crippen LogP contribution < -0.4 is 15.0 Å². The van der Waals surface area contributed by atoms with Gasteiger partial charge in [-0.3, -0.25) is 9.69 Å². The molecule has 0 bridgehead atoms. The van der Waals surface area contributed by atoms with Crippen LogP contribution in [0, 0.1) is 6.92 Å². The average Bonchev–Trinajstić information content (AvgIpc) is 3.65. The fourth-order valence-corrected chi connectivity index (χ4v) is 6.01. The first-order valence-electron chi connectivity index (χ1n) is 14.4. The van der Waals surface area contributed by atoms with Gasteiger partial charge < -0.3 is 15.2 Å². The molecular weight excluding hydrogens is 654 g/mol. The molecule has 244 valence electrons. The first kappa shape index (κ1) is 33.6. The summed E-state index contributed by atoms with van der Waals surface area (Å²) in [6, 6.07) is 17.0. The molecule has 5 rings (SSSR count). The number of hydrogen-bond acceptors (Lipinski definition) is 7. The molecule has 4 aromatic rings. The highest BCUT2D eigenvalue weighted by molar-refractivity contribution is 8.15. The van der Waals surface area contributed by atoms with Crippen molar-refractivity contribution in [3.8, 4) is 22.8 Å². The number of carboxylic acid groups (broad SMARTS) is 1. The number of ether oxygens (including phenoxy) is 1. The SMILES string of the molecule is CCCc1ccc(C)cc1N1C(=O)CS/C1=N\C(=S)NC(Cc1ccc(-c2ncn(-c3ccc(OC(F)(F)F)cc3)n2)cc1)C(=O)O. The summed E-state index contributed by atoms with van der Waals surface area (Å²) in [5, 5.41) is 17.5. The Morgan fingerprint density at radius 1 is 1.15 bits per heavy atom.